The highest BCUT2D eigenvalue weighted by atomic mass is 19.4. The van der Waals surface area contributed by atoms with E-state index >= 15 is 0 Å². The van der Waals surface area contributed by atoms with Gasteiger partial charge in [-0.15, -0.1) is 0 Å². The normalized spacial score (nSPS) is 20.7. The van der Waals surface area contributed by atoms with Gasteiger partial charge in [0.05, 0.1) is 0 Å². The van der Waals surface area contributed by atoms with Crippen LogP contribution in [0.3, 0.4) is 0 Å². The number of hydroxylamine groups is 1. The average Bonchev–Trinajstić information content (AvgIpc) is 2.82. The minimum absolute atomic E-state index is 0.0865. The highest BCUT2D eigenvalue weighted by Crippen LogP contribution is 2.46. The Morgan fingerprint density at radius 3 is 2.32 bits per heavy atom. The molecule has 0 saturated heterocycles. The molecule has 0 saturated carbocycles. The maximum Gasteiger partial charge on any atom is 0.428 e. The van der Waals surface area contributed by atoms with Crippen LogP contribution in [0.15, 0.2) is 30.0 Å². The minimum Gasteiger partial charge on any atom is -0.444 e. The van der Waals surface area contributed by atoms with E-state index in [0.29, 0.717) is 11.3 Å². The number of rotatable bonds is 2. The van der Waals surface area contributed by atoms with Crippen LogP contribution in [0.2, 0.25) is 0 Å². The molecule has 1 aromatic rings. The lowest BCUT2D eigenvalue weighted by Gasteiger charge is -2.29. The van der Waals surface area contributed by atoms with E-state index < -0.39 is 23.5 Å². The SMILES string of the molecule is CC1=CC(c2ccc(NC(=O)OC(C)(C)C)c(C)c2)(C(F)(F)F)ON1. The second-order valence-corrected chi connectivity index (χ2v) is 6.92. The smallest absolute Gasteiger partial charge is 0.428 e. The predicted octanol–water partition coefficient (Wildman–Crippen LogP) is 4.54. The van der Waals surface area contributed by atoms with Crippen LogP contribution in [0.4, 0.5) is 23.7 Å². The van der Waals surface area contributed by atoms with Gasteiger partial charge < -0.3 is 4.74 Å². The molecule has 25 heavy (non-hydrogen) atoms. The number of carbonyl (C=O) groups excluding carboxylic acids is 1. The molecule has 138 valence electrons. The third-order valence-corrected chi connectivity index (χ3v) is 3.50. The van der Waals surface area contributed by atoms with Gasteiger partial charge in [-0.25, -0.2) is 4.79 Å². The van der Waals surface area contributed by atoms with E-state index in [2.05, 4.69) is 10.8 Å². The zero-order valence-electron chi connectivity index (χ0n) is 14.7. The number of allylic oxidation sites excluding steroid dienone is 1. The predicted molar refractivity (Wildman–Crippen MR) is 86.7 cm³/mol. The molecular weight excluding hydrogens is 337 g/mol. The summed E-state index contributed by atoms with van der Waals surface area (Å²) < 4.78 is 46.0. The van der Waals surface area contributed by atoms with Crippen molar-refractivity contribution >= 4 is 11.8 Å². The van der Waals surface area contributed by atoms with E-state index in [4.69, 9.17) is 9.57 Å². The van der Waals surface area contributed by atoms with E-state index in [1.807, 2.05) is 0 Å². The summed E-state index contributed by atoms with van der Waals surface area (Å²) in [6.07, 6.45) is -4.34. The van der Waals surface area contributed by atoms with Crippen LogP contribution in [-0.4, -0.2) is 17.9 Å². The first-order valence-corrected chi connectivity index (χ1v) is 7.65. The maximum absolute atomic E-state index is 13.6. The maximum atomic E-state index is 13.6. The molecular formula is C17H21F3N2O3. The number of aryl methyl sites for hydroxylation is 1. The molecule has 0 aliphatic carbocycles. The molecule has 1 aliphatic rings. The molecule has 1 unspecified atom stereocenters. The van der Waals surface area contributed by atoms with Crippen molar-refractivity contribution < 1.29 is 27.5 Å². The Hall–Kier alpha value is -2.22. The summed E-state index contributed by atoms with van der Waals surface area (Å²) in [5, 5.41) is 2.53. The van der Waals surface area contributed by atoms with Crippen LogP contribution in [0.25, 0.3) is 0 Å². The first-order valence-electron chi connectivity index (χ1n) is 7.65. The number of alkyl halides is 3. The zero-order valence-corrected chi connectivity index (χ0v) is 14.7. The van der Waals surface area contributed by atoms with Gasteiger partial charge in [0.15, 0.2) is 0 Å². The molecule has 0 bridgehead atoms. The fraction of sp³-hybridized carbons (Fsp3) is 0.471. The number of hydrogen-bond acceptors (Lipinski definition) is 4. The summed E-state index contributed by atoms with van der Waals surface area (Å²) in [4.78, 5) is 16.7. The Bertz CT molecular complexity index is 708. The van der Waals surface area contributed by atoms with E-state index in [1.54, 1.807) is 27.7 Å². The lowest BCUT2D eigenvalue weighted by molar-refractivity contribution is -0.270. The zero-order chi connectivity index (χ0) is 19.0. The molecule has 2 N–H and O–H groups in total. The van der Waals surface area contributed by atoms with Crippen LogP contribution < -0.4 is 10.8 Å². The van der Waals surface area contributed by atoms with E-state index in [9.17, 15) is 18.0 Å². The third-order valence-electron chi connectivity index (χ3n) is 3.50. The largest absolute Gasteiger partial charge is 0.444 e. The van der Waals surface area contributed by atoms with E-state index in [1.165, 1.54) is 25.1 Å². The fourth-order valence-corrected chi connectivity index (χ4v) is 2.42. The number of ether oxygens (including phenoxy) is 1. The Balaban J connectivity index is 2.31. The second kappa shape index (κ2) is 6.25. The minimum atomic E-state index is -4.65. The molecule has 1 aromatic carbocycles. The van der Waals surface area contributed by atoms with Crippen molar-refractivity contribution in [3.05, 3.63) is 41.1 Å². The quantitative estimate of drug-likeness (QED) is 0.815. The molecule has 0 radical (unpaired) electrons. The fourth-order valence-electron chi connectivity index (χ4n) is 2.42. The number of hydrogen-bond donors (Lipinski definition) is 2. The van der Waals surface area contributed by atoms with Gasteiger partial charge in [0.1, 0.15) is 5.60 Å². The van der Waals surface area contributed by atoms with Gasteiger partial charge in [0.2, 0.25) is 5.60 Å². The standard InChI is InChI=1S/C17H21F3N2O3/c1-10-8-12(16(17(18,19)20)9-11(2)22-25-16)6-7-13(10)21-14(23)24-15(3,4)5/h6-9,22H,1-5H3,(H,21,23). The molecule has 0 fully saturated rings. The van der Waals surface area contributed by atoms with Gasteiger partial charge in [-0.1, -0.05) is 12.1 Å². The summed E-state index contributed by atoms with van der Waals surface area (Å²) in [5.41, 5.74) is 0.0172. The van der Waals surface area contributed by atoms with Crippen LogP contribution in [0, 0.1) is 6.92 Å². The molecule has 2 rings (SSSR count). The molecule has 0 spiro atoms. The van der Waals surface area contributed by atoms with Gasteiger partial charge >= 0.3 is 12.3 Å². The number of amides is 1. The van der Waals surface area contributed by atoms with Crippen molar-refractivity contribution in [2.45, 2.75) is 52.0 Å². The van der Waals surface area contributed by atoms with Crippen molar-refractivity contribution in [1.29, 1.82) is 0 Å². The summed E-state index contributed by atoms with van der Waals surface area (Å²) in [7, 11) is 0. The molecule has 0 aromatic heterocycles. The number of halogens is 3. The number of nitrogens with one attached hydrogen (secondary N) is 2. The van der Waals surface area contributed by atoms with Crippen molar-refractivity contribution in [3.8, 4) is 0 Å². The molecule has 5 nitrogen and oxygen atoms in total. The number of anilines is 1. The van der Waals surface area contributed by atoms with Crippen LogP contribution in [-0.2, 0) is 15.2 Å². The van der Waals surface area contributed by atoms with E-state index in [-0.39, 0.29) is 11.3 Å². The third kappa shape index (κ3) is 4.07. The van der Waals surface area contributed by atoms with Crippen molar-refractivity contribution in [2.75, 3.05) is 5.32 Å². The Morgan fingerprint density at radius 2 is 1.88 bits per heavy atom. The first-order chi connectivity index (χ1) is 11.3. The van der Waals surface area contributed by atoms with E-state index in [0.717, 1.165) is 6.08 Å². The Kier molecular flexibility index (Phi) is 4.78. The number of carbonyl (C=O) groups is 1. The second-order valence-electron chi connectivity index (χ2n) is 6.92. The van der Waals surface area contributed by atoms with Crippen LogP contribution in [0.5, 0.6) is 0 Å². The van der Waals surface area contributed by atoms with Crippen molar-refractivity contribution in [2.24, 2.45) is 0 Å². The highest BCUT2D eigenvalue weighted by Gasteiger charge is 2.59. The average molecular weight is 358 g/mol. The Labute approximate surface area is 144 Å². The Morgan fingerprint density at radius 1 is 1.24 bits per heavy atom. The highest BCUT2D eigenvalue weighted by molar-refractivity contribution is 5.86. The first kappa shape index (κ1) is 19.1. The van der Waals surface area contributed by atoms with Gasteiger partial charge in [-0.05, 0) is 52.3 Å². The van der Waals surface area contributed by atoms with Gasteiger partial charge in [0, 0.05) is 16.9 Å². The monoisotopic (exact) mass is 358 g/mol. The molecule has 1 atom stereocenters. The summed E-state index contributed by atoms with van der Waals surface area (Å²) in [6.45, 7) is 8.23. The van der Waals surface area contributed by atoms with Crippen LogP contribution in [0.1, 0.15) is 38.8 Å². The molecule has 1 heterocycles. The topological polar surface area (TPSA) is 59.6 Å². The lowest BCUT2D eigenvalue weighted by atomic mass is 9.91. The van der Waals surface area contributed by atoms with Crippen molar-refractivity contribution in [3.63, 3.8) is 0 Å². The summed E-state index contributed by atoms with van der Waals surface area (Å²) >= 11 is 0. The summed E-state index contributed by atoms with van der Waals surface area (Å²) in [6, 6.07) is 3.99. The number of benzene rings is 1. The van der Waals surface area contributed by atoms with Gasteiger partial charge in [0.25, 0.3) is 0 Å². The van der Waals surface area contributed by atoms with Gasteiger partial charge in [-0.2, -0.15) is 13.2 Å². The summed E-state index contributed by atoms with van der Waals surface area (Å²) in [5.74, 6) is 0. The van der Waals surface area contributed by atoms with Crippen LogP contribution >= 0.6 is 0 Å². The molecule has 1 amide bonds. The lowest BCUT2D eigenvalue weighted by Crippen LogP contribution is -2.42. The van der Waals surface area contributed by atoms with Gasteiger partial charge in [-0.3, -0.25) is 15.6 Å². The van der Waals surface area contributed by atoms with Crippen molar-refractivity contribution in [1.82, 2.24) is 5.48 Å². The molecule has 1 aliphatic heterocycles. The molecule has 8 heteroatoms.